The number of para-hydroxylation sites is 2. The molecule has 0 aliphatic carbocycles. The summed E-state index contributed by atoms with van der Waals surface area (Å²) in [5.74, 6) is -0.635. The molecule has 0 radical (unpaired) electrons. The maximum absolute atomic E-state index is 12.6. The Morgan fingerprint density at radius 3 is 2.31 bits per heavy atom. The smallest absolute Gasteiger partial charge is 0.352 e. The Morgan fingerprint density at radius 1 is 0.897 bits per heavy atom. The second-order valence-electron chi connectivity index (χ2n) is 6.07. The van der Waals surface area contributed by atoms with Crippen molar-refractivity contribution in [1.29, 1.82) is 0 Å². The number of rotatable bonds is 6. The molecule has 0 spiro atoms. The molecule has 0 fully saturated rings. The van der Waals surface area contributed by atoms with Crippen LogP contribution in [0.4, 0.5) is 5.69 Å². The summed E-state index contributed by atoms with van der Waals surface area (Å²) in [7, 11) is 0. The molecule has 3 aromatic carbocycles. The molecule has 7 heteroatoms. The minimum absolute atomic E-state index is 0.128. The predicted molar refractivity (Wildman–Crippen MR) is 113 cm³/mol. The lowest BCUT2D eigenvalue weighted by molar-refractivity contribution is -0.141. The Bertz CT molecular complexity index is 1020. The third kappa shape index (κ3) is 5.50. The fraction of sp³-hybridized carbons (Fsp3) is 0.0909. The van der Waals surface area contributed by atoms with Crippen molar-refractivity contribution < 1.29 is 19.1 Å². The van der Waals surface area contributed by atoms with E-state index in [1.807, 2.05) is 18.2 Å². The van der Waals surface area contributed by atoms with E-state index in [1.54, 1.807) is 48.5 Å². The number of carbonyl (C=O) groups excluding carboxylic acids is 2. The van der Waals surface area contributed by atoms with Crippen LogP contribution in [-0.4, -0.2) is 18.0 Å². The van der Waals surface area contributed by atoms with Crippen molar-refractivity contribution in [2.24, 2.45) is 0 Å². The highest BCUT2D eigenvalue weighted by molar-refractivity contribution is 6.35. The van der Waals surface area contributed by atoms with Crippen molar-refractivity contribution in [3.8, 4) is 11.5 Å². The molecule has 1 N–H and O–H groups in total. The van der Waals surface area contributed by atoms with Crippen molar-refractivity contribution in [2.45, 2.75) is 13.0 Å². The molecule has 3 aromatic rings. The highest BCUT2D eigenvalue weighted by Gasteiger charge is 2.21. The summed E-state index contributed by atoms with van der Waals surface area (Å²) in [4.78, 5) is 25.1. The fourth-order valence-electron chi connectivity index (χ4n) is 2.46. The fourth-order valence-corrected chi connectivity index (χ4v) is 2.92. The van der Waals surface area contributed by atoms with Gasteiger partial charge in [-0.2, -0.15) is 0 Å². The molecule has 0 bridgehead atoms. The molecule has 0 saturated heterocycles. The van der Waals surface area contributed by atoms with Gasteiger partial charge in [0.05, 0.1) is 10.6 Å². The minimum Gasteiger partial charge on any atom is -0.477 e. The summed E-state index contributed by atoms with van der Waals surface area (Å²) in [6.07, 6.45) is -0.959. The Morgan fingerprint density at radius 2 is 1.59 bits per heavy atom. The van der Waals surface area contributed by atoms with E-state index >= 15 is 0 Å². The number of esters is 1. The zero-order valence-corrected chi connectivity index (χ0v) is 16.9. The van der Waals surface area contributed by atoms with Crippen LogP contribution in [0.5, 0.6) is 11.5 Å². The lowest BCUT2D eigenvalue weighted by Crippen LogP contribution is -2.29. The number of nitrogens with one attached hydrogen (secondary N) is 1. The maximum atomic E-state index is 12.6. The number of ether oxygens (including phenoxy) is 2. The van der Waals surface area contributed by atoms with Crippen LogP contribution in [0.3, 0.4) is 0 Å². The van der Waals surface area contributed by atoms with Gasteiger partial charge in [0.1, 0.15) is 11.5 Å². The monoisotopic (exact) mass is 429 g/mol. The van der Waals surface area contributed by atoms with Gasteiger partial charge < -0.3 is 14.8 Å². The van der Waals surface area contributed by atoms with E-state index in [1.165, 1.54) is 13.0 Å². The third-order valence-corrected chi connectivity index (χ3v) is 4.43. The summed E-state index contributed by atoms with van der Waals surface area (Å²) < 4.78 is 11.0. The highest BCUT2D eigenvalue weighted by atomic mass is 35.5. The van der Waals surface area contributed by atoms with Gasteiger partial charge in [-0.25, -0.2) is 4.79 Å². The second-order valence-corrected chi connectivity index (χ2v) is 6.92. The van der Waals surface area contributed by atoms with Crippen molar-refractivity contribution in [3.63, 3.8) is 0 Å². The van der Waals surface area contributed by atoms with Gasteiger partial charge in [0.2, 0.25) is 0 Å². The molecule has 29 heavy (non-hydrogen) atoms. The first kappa shape index (κ1) is 20.7. The van der Waals surface area contributed by atoms with Gasteiger partial charge in [0.15, 0.2) is 6.10 Å². The lowest BCUT2D eigenvalue weighted by Gasteiger charge is -2.16. The van der Waals surface area contributed by atoms with Crippen LogP contribution in [0, 0.1) is 0 Å². The Kier molecular flexibility index (Phi) is 6.75. The van der Waals surface area contributed by atoms with Gasteiger partial charge in [-0.05, 0) is 49.4 Å². The number of benzene rings is 3. The molecule has 0 aromatic heterocycles. The molecule has 0 saturated carbocycles. The largest absolute Gasteiger partial charge is 0.477 e. The number of hydrogen-bond acceptors (Lipinski definition) is 4. The molecule has 1 atom stereocenters. The zero-order valence-electron chi connectivity index (χ0n) is 15.4. The van der Waals surface area contributed by atoms with Crippen molar-refractivity contribution in [1.82, 2.24) is 0 Å². The van der Waals surface area contributed by atoms with Crippen LogP contribution in [-0.2, 0) is 4.79 Å². The van der Waals surface area contributed by atoms with E-state index in [0.717, 1.165) is 0 Å². The van der Waals surface area contributed by atoms with Gasteiger partial charge >= 0.3 is 5.97 Å². The SMILES string of the molecule is C[C@H](Oc1ccc(Cl)cc1Cl)C(=O)Oc1ccccc1C(=O)Nc1ccccc1. The van der Waals surface area contributed by atoms with E-state index < -0.39 is 18.0 Å². The first-order valence-electron chi connectivity index (χ1n) is 8.73. The second kappa shape index (κ2) is 9.45. The third-order valence-electron chi connectivity index (χ3n) is 3.90. The molecule has 148 valence electrons. The summed E-state index contributed by atoms with van der Waals surface area (Å²) in [5.41, 5.74) is 0.856. The zero-order chi connectivity index (χ0) is 20.8. The van der Waals surface area contributed by atoms with E-state index in [4.69, 9.17) is 32.7 Å². The Hall–Kier alpha value is -3.02. The van der Waals surface area contributed by atoms with Crippen LogP contribution >= 0.6 is 23.2 Å². The quantitative estimate of drug-likeness (QED) is 0.407. The highest BCUT2D eigenvalue weighted by Crippen LogP contribution is 2.29. The van der Waals surface area contributed by atoms with Crippen molar-refractivity contribution in [2.75, 3.05) is 5.32 Å². The number of hydrogen-bond donors (Lipinski definition) is 1. The predicted octanol–water partition coefficient (Wildman–Crippen LogP) is 5.62. The normalized spacial score (nSPS) is 11.4. The first-order chi connectivity index (χ1) is 13.9. The summed E-state index contributed by atoms with van der Waals surface area (Å²) in [5, 5.41) is 3.49. The lowest BCUT2D eigenvalue weighted by atomic mass is 10.2. The number of halogens is 2. The topological polar surface area (TPSA) is 64.6 Å². The molecule has 3 rings (SSSR count). The summed E-state index contributed by atoms with van der Waals surface area (Å²) >= 11 is 11.9. The van der Waals surface area contributed by atoms with Crippen molar-refractivity contribution in [3.05, 3.63) is 88.4 Å². The molecular formula is C22H17Cl2NO4. The molecule has 1 amide bonds. The number of carbonyl (C=O) groups is 2. The van der Waals surface area contributed by atoms with Gasteiger partial charge in [0.25, 0.3) is 5.91 Å². The van der Waals surface area contributed by atoms with Gasteiger partial charge in [-0.3, -0.25) is 4.79 Å². The van der Waals surface area contributed by atoms with Crippen LogP contribution < -0.4 is 14.8 Å². The Balaban J connectivity index is 1.71. The van der Waals surface area contributed by atoms with Crippen LogP contribution in [0.1, 0.15) is 17.3 Å². The van der Waals surface area contributed by atoms with Gasteiger partial charge in [0, 0.05) is 10.7 Å². The molecular weight excluding hydrogens is 413 g/mol. The average Bonchev–Trinajstić information content (AvgIpc) is 2.71. The molecule has 0 aliphatic heterocycles. The molecule has 0 aliphatic rings. The standard InChI is InChI=1S/C22H17Cl2NO4/c1-14(28-20-12-11-15(23)13-18(20)24)22(27)29-19-10-6-5-9-17(19)21(26)25-16-7-3-2-4-8-16/h2-14H,1H3,(H,25,26)/t14-/m0/s1. The average molecular weight is 430 g/mol. The van der Waals surface area contributed by atoms with Crippen LogP contribution in [0.25, 0.3) is 0 Å². The van der Waals surface area contributed by atoms with Gasteiger partial charge in [-0.15, -0.1) is 0 Å². The van der Waals surface area contributed by atoms with E-state index in [0.29, 0.717) is 16.5 Å². The van der Waals surface area contributed by atoms with E-state index in [9.17, 15) is 9.59 Å². The number of anilines is 1. The maximum Gasteiger partial charge on any atom is 0.352 e. The Labute approximate surface area is 178 Å². The molecule has 5 nitrogen and oxygen atoms in total. The van der Waals surface area contributed by atoms with Gasteiger partial charge in [-0.1, -0.05) is 53.5 Å². The minimum atomic E-state index is -0.959. The first-order valence-corrected chi connectivity index (χ1v) is 9.48. The van der Waals surface area contributed by atoms with Crippen LogP contribution in [0.15, 0.2) is 72.8 Å². The number of amides is 1. The van der Waals surface area contributed by atoms with E-state index in [2.05, 4.69) is 5.32 Å². The molecule has 0 unspecified atom stereocenters. The molecule has 0 heterocycles. The summed E-state index contributed by atoms with van der Waals surface area (Å²) in [6.45, 7) is 1.53. The van der Waals surface area contributed by atoms with Crippen LogP contribution in [0.2, 0.25) is 10.0 Å². The van der Waals surface area contributed by atoms with Crippen molar-refractivity contribution >= 4 is 40.8 Å². The van der Waals surface area contributed by atoms with E-state index in [-0.39, 0.29) is 16.3 Å². The summed E-state index contributed by atoms with van der Waals surface area (Å²) in [6, 6.07) is 20.1.